The van der Waals surface area contributed by atoms with E-state index in [1.165, 1.54) is 0 Å². The average molecular weight is 473 g/mol. The predicted molar refractivity (Wildman–Crippen MR) is 136 cm³/mol. The second-order valence-corrected chi connectivity index (χ2v) is 9.69. The first kappa shape index (κ1) is 23.1. The molecule has 0 amide bonds. The molecular formula is C28H32N4O3. The van der Waals surface area contributed by atoms with E-state index in [0.717, 1.165) is 63.5 Å². The van der Waals surface area contributed by atoms with Crippen molar-refractivity contribution < 1.29 is 14.4 Å². The molecule has 4 N–H and O–H groups in total. The normalized spacial score (nSPS) is 28.5. The Morgan fingerprint density at radius 3 is 2.63 bits per heavy atom. The standard InChI is InChI=1S/C28H32N4O3/c1-5-16-14(3)20-7-9-29-10-8-21-18(12-33)17(6-2)23(30-21)11-22-15(4)24-27(32-22)25(26(16)31-20)19(13-34)28(24)35/h7-8,10-14,16,19,26,29-32H,5-6,9H2,1-4H3/b10-8-,20-7+,22-11-/t14-,16-,19+,26?/m0/s1. The third kappa shape index (κ3) is 3.44. The number of allylic oxidation sites excluding steroid dienone is 1. The van der Waals surface area contributed by atoms with Crippen LogP contribution in [0.4, 0.5) is 0 Å². The first-order valence-electron chi connectivity index (χ1n) is 12.4. The number of fused-ring (bicyclic) bond motifs is 6. The van der Waals surface area contributed by atoms with Gasteiger partial charge in [-0.3, -0.25) is 9.59 Å². The topological polar surface area (TPSA) is 107 Å². The highest BCUT2D eigenvalue weighted by Gasteiger charge is 2.45. The lowest BCUT2D eigenvalue weighted by atomic mass is 9.82. The summed E-state index contributed by atoms with van der Waals surface area (Å²) in [6.45, 7) is 8.92. The molecule has 1 saturated heterocycles. The van der Waals surface area contributed by atoms with Crippen molar-refractivity contribution in [2.75, 3.05) is 6.54 Å². The number of H-pyrrole nitrogens is 2. The van der Waals surface area contributed by atoms with E-state index < -0.39 is 5.92 Å². The fourth-order valence-electron chi connectivity index (χ4n) is 6.19. The molecule has 35 heavy (non-hydrogen) atoms. The SMILES string of the molecule is CCc1c2[nH]c(c1C=O)/C=C\NC/C=C1/NC(C3=c4[nH]/c(c(C)c4C(=O)[C@@H]3C=O)=C\2)[C@@H](CC)[C@@H]1C. The number of ketones is 1. The Labute approximate surface area is 204 Å². The van der Waals surface area contributed by atoms with Crippen molar-refractivity contribution in [2.45, 2.75) is 46.6 Å². The van der Waals surface area contributed by atoms with Gasteiger partial charge in [-0.15, -0.1) is 0 Å². The third-order valence-corrected chi connectivity index (χ3v) is 8.04. The highest BCUT2D eigenvalue weighted by atomic mass is 16.1. The number of hydrogen-bond acceptors (Lipinski definition) is 5. The zero-order valence-electron chi connectivity index (χ0n) is 20.6. The summed E-state index contributed by atoms with van der Waals surface area (Å²) in [5.74, 6) is -0.367. The number of nitrogens with one attached hydrogen (secondary N) is 4. The minimum Gasteiger partial charge on any atom is -0.387 e. The summed E-state index contributed by atoms with van der Waals surface area (Å²) in [6.07, 6.45) is 11.2. The van der Waals surface area contributed by atoms with Crippen LogP contribution in [0.3, 0.4) is 0 Å². The number of hydrogen-bond donors (Lipinski definition) is 4. The van der Waals surface area contributed by atoms with Gasteiger partial charge in [0, 0.05) is 40.3 Å². The van der Waals surface area contributed by atoms with Gasteiger partial charge in [-0.2, -0.15) is 0 Å². The fraction of sp³-hybridized carbons (Fsp3) is 0.393. The molecule has 0 saturated carbocycles. The zero-order valence-corrected chi connectivity index (χ0v) is 20.6. The molecule has 0 spiro atoms. The number of aromatic amines is 2. The quantitative estimate of drug-likeness (QED) is 0.403. The summed E-state index contributed by atoms with van der Waals surface area (Å²) >= 11 is 0. The second-order valence-electron chi connectivity index (χ2n) is 9.69. The van der Waals surface area contributed by atoms with Crippen LogP contribution in [-0.4, -0.2) is 40.9 Å². The maximum absolute atomic E-state index is 13.4. The summed E-state index contributed by atoms with van der Waals surface area (Å²) in [4.78, 5) is 44.4. The van der Waals surface area contributed by atoms with Crippen LogP contribution in [0.15, 0.2) is 18.0 Å². The van der Waals surface area contributed by atoms with Crippen molar-refractivity contribution in [3.8, 4) is 0 Å². The van der Waals surface area contributed by atoms with E-state index in [-0.39, 0.29) is 23.7 Å². The molecular weight excluding hydrogens is 440 g/mol. The zero-order chi connectivity index (χ0) is 24.9. The van der Waals surface area contributed by atoms with Crippen LogP contribution in [0.2, 0.25) is 0 Å². The molecule has 7 heteroatoms. The Hall–Kier alpha value is -3.61. The first-order chi connectivity index (χ1) is 16.9. The Morgan fingerprint density at radius 2 is 1.94 bits per heavy atom. The van der Waals surface area contributed by atoms with E-state index >= 15 is 0 Å². The third-order valence-electron chi connectivity index (χ3n) is 8.04. The molecule has 1 aliphatic carbocycles. The molecule has 7 nitrogen and oxygen atoms in total. The highest BCUT2D eigenvalue weighted by Crippen LogP contribution is 2.39. The number of carbonyl (C=O) groups is 3. The molecule has 0 aromatic carbocycles. The number of aromatic nitrogens is 2. The lowest BCUT2D eigenvalue weighted by Crippen LogP contribution is -2.35. The number of carbonyl (C=O) groups excluding carboxylic acids is 3. The van der Waals surface area contributed by atoms with Crippen molar-refractivity contribution >= 4 is 36.1 Å². The molecule has 3 aliphatic rings. The van der Waals surface area contributed by atoms with E-state index in [4.69, 9.17) is 0 Å². The van der Waals surface area contributed by atoms with Crippen LogP contribution < -0.4 is 21.3 Å². The largest absolute Gasteiger partial charge is 0.387 e. The van der Waals surface area contributed by atoms with Crippen molar-refractivity contribution in [1.29, 1.82) is 0 Å². The van der Waals surface area contributed by atoms with Gasteiger partial charge in [0.05, 0.1) is 17.1 Å². The molecule has 4 heterocycles. The number of aldehydes is 2. The van der Waals surface area contributed by atoms with Gasteiger partial charge in [0.1, 0.15) is 12.2 Å². The Morgan fingerprint density at radius 1 is 1.14 bits per heavy atom. The van der Waals surface area contributed by atoms with Crippen LogP contribution >= 0.6 is 0 Å². The van der Waals surface area contributed by atoms with Crippen molar-refractivity contribution in [1.82, 2.24) is 20.6 Å². The summed E-state index contributed by atoms with van der Waals surface area (Å²) in [6, 6.07) is -0.0963. The van der Waals surface area contributed by atoms with E-state index in [1.807, 2.05) is 32.2 Å². The second kappa shape index (κ2) is 8.87. The summed E-state index contributed by atoms with van der Waals surface area (Å²) in [5.41, 5.74) is 6.56. The van der Waals surface area contributed by atoms with E-state index in [2.05, 4.69) is 40.5 Å². The molecule has 6 bridgehead atoms. The van der Waals surface area contributed by atoms with Crippen molar-refractivity contribution in [3.63, 3.8) is 0 Å². The highest BCUT2D eigenvalue weighted by molar-refractivity contribution is 6.16. The Bertz CT molecular complexity index is 1400. The Kier molecular flexibility index (Phi) is 5.87. The lowest BCUT2D eigenvalue weighted by Gasteiger charge is -2.23. The number of rotatable bonds is 4. The minimum atomic E-state index is -0.771. The molecule has 1 fully saturated rings. The monoisotopic (exact) mass is 472 g/mol. The fourth-order valence-corrected chi connectivity index (χ4v) is 6.19. The van der Waals surface area contributed by atoms with Crippen LogP contribution in [0.1, 0.15) is 70.4 Å². The smallest absolute Gasteiger partial charge is 0.179 e. The van der Waals surface area contributed by atoms with Gasteiger partial charge in [-0.05, 0) is 60.4 Å². The predicted octanol–water partition coefficient (Wildman–Crippen LogP) is 2.11. The van der Waals surface area contributed by atoms with Gasteiger partial charge >= 0.3 is 0 Å². The average Bonchev–Trinajstić information content (AvgIpc) is 3.53. The molecule has 0 radical (unpaired) electrons. The number of Topliss-reactive ketones (excluding diaryl/α,β-unsaturated/α-hetero) is 1. The molecule has 2 aliphatic heterocycles. The van der Waals surface area contributed by atoms with Crippen molar-refractivity contribution in [2.24, 2.45) is 17.8 Å². The molecule has 182 valence electrons. The molecule has 2 aromatic heterocycles. The summed E-state index contributed by atoms with van der Waals surface area (Å²) in [5, 5.41) is 8.55. The van der Waals surface area contributed by atoms with Crippen molar-refractivity contribution in [3.05, 3.63) is 62.3 Å². The van der Waals surface area contributed by atoms with Gasteiger partial charge in [0.2, 0.25) is 0 Å². The molecule has 4 atom stereocenters. The van der Waals surface area contributed by atoms with Crippen LogP contribution in [0.5, 0.6) is 0 Å². The maximum Gasteiger partial charge on any atom is 0.179 e. The van der Waals surface area contributed by atoms with Gasteiger partial charge in [-0.25, -0.2) is 0 Å². The van der Waals surface area contributed by atoms with E-state index in [0.29, 0.717) is 24.1 Å². The lowest BCUT2D eigenvalue weighted by molar-refractivity contribution is -0.108. The minimum absolute atomic E-state index is 0.0963. The maximum atomic E-state index is 13.4. The summed E-state index contributed by atoms with van der Waals surface area (Å²) < 4.78 is 0. The molecule has 5 rings (SSSR count). The van der Waals surface area contributed by atoms with Gasteiger partial charge in [0.25, 0.3) is 0 Å². The van der Waals surface area contributed by atoms with E-state index in [9.17, 15) is 14.4 Å². The van der Waals surface area contributed by atoms with Gasteiger partial charge < -0.3 is 25.4 Å². The van der Waals surface area contributed by atoms with E-state index in [1.54, 1.807) is 0 Å². The molecule has 2 aromatic rings. The van der Waals surface area contributed by atoms with Crippen LogP contribution in [0, 0.1) is 24.7 Å². The summed E-state index contributed by atoms with van der Waals surface area (Å²) in [7, 11) is 0. The van der Waals surface area contributed by atoms with Gasteiger partial charge in [-0.1, -0.05) is 27.2 Å². The van der Waals surface area contributed by atoms with Gasteiger partial charge in [0.15, 0.2) is 12.1 Å². The Balaban J connectivity index is 1.83. The van der Waals surface area contributed by atoms with Crippen LogP contribution in [-0.2, 0) is 11.2 Å². The first-order valence-corrected chi connectivity index (χ1v) is 12.4. The molecule has 1 unspecified atom stereocenters. The van der Waals surface area contributed by atoms with Crippen LogP contribution in [0.25, 0.3) is 17.7 Å².